The lowest BCUT2D eigenvalue weighted by atomic mass is 10.0. The van der Waals surface area contributed by atoms with Gasteiger partial charge in [0, 0.05) is 5.56 Å². The fraction of sp³-hybridized carbons (Fsp3) is 0.0714. The normalized spacial score (nSPS) is 11.3. The maximum Gasteiger partial charge on any atom is 0.416 e. The highest BCUT2D eigenvalue weighted by molar-refractivity contribution is 5.77. The number of hydrogen-bond donors (Lipinski definition) is 0. The summed E-state index contributed by atoms with van der Waals surface area (Å²) < 4.78 is 37.9. The van der Waals surface area contributed by atoms with E-state index in [2.05, 4.69) is 11.7 Å². The van der Waals surface area contributed by atoms with Gasteiger partial charge in [0.2, 0.25) is 0 Å². The molecule has 0 spiro atoms. The Morgan fingerprint density at radius 2 is 1.67 bits per heavy atom. The number of halogens is 3. The van der Waals surface area contributed by atoms with Gasteiger partial charge in [0.1, 0.15) is 0 Å². The van der Waals surface area contributed by atoms with Crippen molar-refractivity contribution >= 4 is 12.4 Å². The Morgan fingerprint density at radius 1 is 0.944 bits per heavy atom. The summed E-state index contributed by atoms with van der Waals surface area (Å²) in [4.78, 5) is 3.81. The summed E-state index contributed by atoms with van der Waals surface area (Å²) in [5, 5.41) is 0. The molecule has 0 radical (unpaired) electrons. The Labute approximate surface area is 103 Å². The van der Waals surface area contributed by atoms with Crippen molar-refractivity contribution in [2.75, 3.05) is 0 Å². The molecular weight excluding hydrogens is 239 g/mol. The first-order valence-corrected chi connectivity index (χ1v) is 5.26. The Kier molecular flexibility index (Phi) is 3.19. The Balaban J connectivity index is 2.55. The largest absolute Gasteiger partial charge is 0.416 e. The summed E-state index contributed by atoms with van der Waals surface area (Å²) in [5.41, 5.74) is 1.02. The standard InChI is InChI=1S/C14H10F3N/c1-18-13-8-3-2-7-12(13)10-5-4-6-11(9-10)14(15,16)17/h2-9H,1H2. The molecule has 0 aromatic heterocycles. The molecule has 0 aliphatic heterocycles. The molecule has 1 nitrogen and oxygen atoms in total. The number of benzene rings is 2. The van der Waals surface area contributed by atoms with Crippen molar-refractivity contribution in [2.24, 2.45) is 4.99 Å². The van der Waals surface area contributed by atoms with Gasteiger partial charge in [0.05, 0.1) is 11.3 Å². The van der Waals surface area contributed by atoms with Crippen molar-refractivity contribution in [1.29, 1.82) is 0 Å². The van der Waals surface area contributed by atoms with Crippen molar-refractivity contribution in [3.63, 3.8) is 0 Å². The molecule has 0 atom stereocenters. The van der Waals surface area contributed by atoms with E-state index >= 15 is 0 Å². The zero-order chi connectivity index (χ0) is 13.2. The minimum absolute atomic E-state index is 0.479. The van der Waals surface area contributed by atoms with Gasteiger partial charge in [0.25, 0.3) is 0 Å². The third kappa shape index (κ3) is 2.42. The van der Waals surface area contributed by atoms with E-state index < -0.39 is 11.7 Å². The highest BCUT2D eigenvalue weighted by Gasteiger charge is 2.30. The van der Waals surface area contributed by atoms with E-state index in [9.17, 15) is 13.2 Å². The van der Waals surface area contributed by atoms with Crippen molar-refractivity contribution in [1.82, 2.24) is 0 Å². The molecule has 0 fully saturated rings. The van der Waals surface area contributed by atoms with Crippen LogP contribution in [0.1, 0.15) is 5.56 Å². The van der Waals surface area contributed by atoms with Crippen LogP contribution in [0.25, 0.3) is 11.1 Å². The molecule has 92 valence electrons. The number of alkyl halides is 3. The van der Waals surface area contributed by atoms with Crippen LogP contribution in [0.4, 0.5) is 18.9 Å². The molecule has 4 heteroatoms. The first-order valence-electron chi connectivity index (χ1n) is 5.26. The number of aliphatic imine (C=N–C) groups is 1. The average Bonchev–Trinajstić information content (AvgIpc) is 2.38. The quantitative estimate of drug-likeness (QED) is 0.684. The zero-order valence-corrected chi connectivity index (χ0v) is 9.41. The maximum absolute atomic E-state index is 12.6. The van der Waals surface area contributed by atoms with Crippen LogP contribution >= 0.6 is 0 Å². The number of rotatable bonds is 2. The Bertz CT molecular complexity index is 573. The second-order valence-electron chi connectivity index (χ2n) is 3.75. The van der Waals surface area contributed by atoms with Crippen LogP contribution in [0.5, 0.6) is 0 Å². The van der Waals surface area contributed by atoms with Crippen molar-refractivity contribution in [3.05, 3.63) is 54.1 Å². The van der Waals surface area contributed by atoms with Gasteiger partial charge < -0.3 is 0 Å². The van der Waals surface area contributed by atoms with Crippen molar-refractivity contribution < 1.29 is 13.2 Å². The van der Waals surface area contributed by atoms with Crippen LogP contribution in [0, 0.1) is 0 Å². The molecule has 18 heavy (non-hydrogen) atoms. The van der Waals surface area contributed by atoms with E-state index in [0.29, 0.717) is 16.8 Å². The first-order chi connectivity index (χ1) is 8.52. The molecule has 2 aromatic rings. The van der Waals surface area contributed by atoms with E-state index in [1.165, 1.54) is 6.07 Å². The number of para-hydroxylation sites is 1. The third-order valence-electron chi connectivity index (χ3n) is 2.58. The molecule has 0 aliphatic carbocycles. The van der Waals surface area contributed by atoms with Gasteiger partial charge in [-0.2, -0.15) is 13.2 Å². The van der Waals surface area contributed by atoms with Crippen LogP contribution in [0.15, 0.2) is 53.5 Å². The fourth-order valence-corrected chi connectivity index (χ4v) is 1.72. The number of nitrogens with zero attached hydrogens (tertiary/aromatic N) is 1. The molecule has 0 bridgehead atoms. The fourth-order valence-electron chi connectivity index (χ4n) is 1.72. The molecule has 2 aromatic carbocycles. The summed E-state index contributed by atoms with van der Waals surface area (Å²) in [6.45, 7) is 3.42. The Hall–Kier alpha value is -2.10. The topological polar surface area (TPSA) is 12.4 Å². The van der Waals surface area contributed by atoms with E-state index in [-0.39, 0.29) is 0 Å². The van der Waals surface area contributed by atoms with Crippen molar-refractivity contribution in [3.8, 4) is 11.1 Å². The highest BCUT2D eigenvalue weighted by Crippen LogP contribution is 2.35. The van der Waals surface area contributed by atoms with Gasteiger partial charge in [0.15, 0.2) is 0 Å². The van der Waals surface area contributed by atoms with Crippen LogP contribution in [0.2, 0.25) is 0 Å². The number of hydrogen-bond acceptors (Lipinski definition) is 1. The van der Waals surface area contributed by atoms with Gasteiger partial charge in [-0.25, -0.2) is 0 Å². The lowest BCUT2D eigenvalue weighted by molar-refractivity contribution is -0.137. The van der Waals surface area contributed by atoms with Gasteiger partial charge in [-0.05, 0) is 30.5 Å². The molecule has 0 saturated carbocycles. The summed E-state index contributed by atoms with van der Waals surface area (Å²) in [7, 11) is 0. The Morgan fingerprint density at radius 3 is 2.33 bits per heavy atom. The SMILES string of the molecule is C=Nc1ccccc1-c1cccc(C(F)(F)F)c1. The average molecular weight is 249 g/mol. The molecular formula is C14H10F3N. The summed E-state index contributed by atoms with van der Waals surface area (Å²) in [6, 6.07) is 12.1. The zero-order valence-electron chi connectivity index (χ0n) is 9.41. The van der Waals surface area contributed by atoms with E-state index in [1.54, 1.807) is 30.3 Å². The second kappa shape index (κ2) is 4.64. The lowest BCUT2D eigenvalue weighted by Gasteiger charge is -2.10. The maximum atomic E-state index is 12.6. The summed E-state index contributed by atoms with van der Waals surface area (Å²) in [6.07, 6.45) is -4.34. The third-order valence-corrected chi connectivity index (χ3v) is 2.58. The van der Waals surface area contributed by atoms with E-state index in [1.807, 2.05) is 0 Å². The molecule has 0 heterocycles. The monoisotopic (exact) mass is 249 g/mol. The van der Waals surface area contributed by atoms with Gasteiger partial charge in [-0.1, -0.05) is 30.3 Å². The molecule has 2 rings (SSSR count). The second-order valence-corrected chi connectivity index (χ2v) is 3.75. The minimum Gasteiger partial charge on any atom is -0.264 e. The molecule has 0 unspecified atom stereocenters. The summed E-state index contributed by atoms with van der Waals surface area (Å²) >= 11 is 0. The van der Waals surface area contributed by atoms with E-state index in [4.69, 9.17) is 0 Å². The predicted molar refractivity (Wildman–Crippen MR) is 66.1 cm³/mol. The van der Waals surface area contributed by atoms with Crippen LogP contribution in [-0.2, 0) is 6.18 Å². The predicted octanol–water partition coefficient (Wildman–Crippen LogP) is 4.70. The minimum atomic E-state index is -4.34. The van der Waals surface area contributed by atoms with Crippen LogP contribution in [0.3, 0.4) is 0 Å². The molecule has 0 amide bonds. The first kappa shape index (κ1) is 12.4. The van der Waals surface area contributed by atoms with Crippen LogP contribution in [-0.4, -0.2) is 6.72 Å². The van der Waals surface area contributed by atoms with Gasteiger partial charge in [-0.15, -0.1) is 0 Å². The van der Waals surface area contributed by atoms with Gasteiger partial charge in [-0.3, -0.25) is 4.99 Å². The van der Waals surface area contributed by atoms with Crippen LogP contribution < -0.4 is 0 Å². The molecule has 0 N–H and O–H groups in total. The van der Waals surface area contributed by atoms with Crippen molar-refractivity contribution in [2.45, 2.75) is 6.18 Å². The van der Waals surface area contributed by atoms with Gasteiger partial charge >= 0.3 is 6.18 Å². The lowest BCUT2D eigenvalue weighted by Crippen LogP contribution is -2.04. The molecule has 0 saturated heterocycles. The molecule has 0 aliphatic rings. The summed E-state index contributed by atoms with van der Waals surface area (Å²) in [5.74, 6) is 0. The highest BCUT2D eigenvalue weighted by atomic mass is 19.4. The smallest absolute Gasteiger partial charge is 0.264 e. The van der Waals surface area contributed by atoms with E-state index in [0.717, 1.165) is 12.1 Å².